The Bertz CT molecular complexity index is 319. The first-order chi connectivity index (χ1) is 7.82. The summed E-state index contributed by atoms with van der Waals surface area (Å²) in [4.78, 5) is 13.4. The van der Waals surface area contributed by atoms with Gasteiger partial charge in [0.1, 0.15) is 12.3 Å². The molecular formula is C13H20FNO2. The maximum Gasteiger partial charge on any atom is 0.410 e. The molecule has 3 nitrogen and oxygen atoms in total. The fraction of sp³-hybridized carbons (Fsp3) is 0.769. The molecule has 0 N–H and O–H groups in total. The van der Waals surface area contributed by atoms with Gasteiger partial charge < -0.3 is 9.64 Å². The van der Waals surface area contributed by atoms with Gasteiger partial charge in [-0.3, -0.25) is 0 Å². The lowest BCUT2D eigenvalue weighted by molar-refractivity contribution is 0.0132. The van der Waals surface area contributed by atoms with Crippen molar-refractivity contribution in [3.05, 3.63) is 0 Å². The largest absolute Gasteiger partial charge is 0.444 e. The molecule has 0 bridgehead atoms. The number of piperidine rings is 1. The van der Waals surface area contributed by atoms with Gasteiger partial charge in [0.2, 0.25) is 0 Å². The smallest absolute Gasteiger partial charge is 0.410 e. The summed E-state index contributed by atoms with van der Waals surface area (Å²) in [6.07, 6.45) is 6.00. The second-order valence-corrected chi connectivity index (χ2v) is 5.53. The fourth-order valence-electron chi connectivity index (χ4n) is 1.76. The van der Waals surface area contributed by atoms with Crippen LogP contribution in [0.1, 0.15) is 33.6 Å². The van der Waals surface area contributed by atoms with Crippen LogP contribution in [0.2, 0.25) is 0 Å². The number of carbonyl (C=O) groups excluding carboxylic acids is 1. The zero-order valence-corrected chi connectivity index (χ0v) is 10.8. The van der Waals surface area contributed by atoms with E-state index in [2.05, 4.69) is 5.92 Å². The van der Waals surface area contributed by atoms with Crippen LogP contribution >= 0.6 is 0 Å². The molecule has 1 fully saturated rings. The summed E-state index contributed by atoms with van der Waals surface area (Å²) in [6.45, 7) is 5.87. The lowest BCUT2D eigenvalue weighted by Crippen LogP contribution is -2.45. The molecule has 1 rings (SSSR count). The van der Waals surface area contributed by atoms with E-state index in [0.717, 1.165) is 0 Å². The van der Waals surface area contributed by atoms with E-state index in [1.807, 2.05) is 20.8 Å². The Morgan fingerprint density at radius 2 is 2.00 bits per heavy atom. The maximum absolute atomic E-state index is 12.9. The summed E-state index contributed by atoms with van der Waals surface area (Å²) in [6, 6.07) is 0. The minimum atomic E-state index is -0.682. The molecule has 0 spiro atoms. The number of hydrogen-bond acceptors (Lipinski definition) is 2. The third-order valence-corrected chi connectivity index (χ3v) is 2.93. The van der Waals surface area contributed by atoms with E-state index in [0.29, 0.717) is 25.9 Å². The minimum absolute atomic E-state index is 0.345. The Kier molecular flexibility index (Phi) is 4.03. The Morgan fingerprint density at radius 3 is 2.35 bits per heavy atom. The van der Waals surface area contributed by atoms with Crippen LogP contribution in [0.15, 0.2) is 0 Å². The molecule has 17 heavy (non-hydrogen) atoms. The molecule has 0 aromatic rings. The van der Waals surface area contributed by atoms with Crippen LogP contribution in [0.3, 0.4) is 0 Å². The van der Waals surface area contributed by atoms with E-state index in [-0.39, 0.29) is 6.09 Å². The first-order valence-electron chi connectivity index (χ1n) is 5.84. The SMILES string of the molecule is C#CC1(CF)CCN(C(=O)OC(C)(C)C)CC1. The van der Waals surface area contributed by atoms with E-state index in [1.54, 1.807) is 4.90 Å². The molecule has 96 valence electrons. The van der Waals surface area contributed by atoms with Crippen molar-refractivity contribution in [3.63, 3.8) is 0 Å². The van der Waals surface area contributed by atoms with Crippen molar-refractivity contribution in [1.82, 2.24) is 4.90 Å². The standard InChI is InChI=1S/C13H20FNO2/c1-5-13(10-14)6-8-15(9-7-13)11(16)17-12(2,3)4/h1H,6-10H2,2-4H3. The zero-order valence-electron chi connectivity index (χ0n) is 10.8. The molecule has 1 aliphatic rings. The predicted molar refractivity (Wildman–Crippen MR) is 64.3 cm³/mol. The molecule has 1 amide bonds. The Morgan fingerprint density at radius 1 is 1.47 bits per heavy atom. The Labute approximate surface area is 102 Å². The van der Waals surface area contributed by atoms with Crippen molar-refractivity contribution in [3.8, 4) is 12.3 Å². The first-order valence-corrected chi connectivity index (χ1v) is 5.84. The quantitative estimate of drug-likeness (QED) is 0.660. The number of ether oxygens (including phenoxy) is 1. The van der Waals surface area contributed by atoms with Crippen LogP contribution in [-0.4, -0.2) is 36.4 Å². The maximum atomic E-state index is 12.9. The van der Waals surface area contributed by atoms with Crippen LogP contribution in [-0.2, 0) is 4.74 Å². The number of halogens is 1. The van der Waals surface area contributed by atoms with Crippen molar-refractivity contribution >= 4 is 6.09 Å². The molecule has 0 unspecified atom stereocenters. The molecule has 1 aliphatic heterocycles. The summed E-state index contributed by atoms with van der Waals surface area (Å²) in [5, 5.41) is 0. The van der Waals surface area contributed by atoms with Crippen LogP contribution in [0.25, 0.3) is 0 Å². The van der Waals surface area contributed by atoms with Gasteiger partial charge in [0.05, 0.1) is 5.41 Å². The van der Waals surface area contributed by atoms with Gasteiger partial charge in [0.25, 0.3) is 0 Å². The highest BCUT2D eigenvalue weighted by molar-refractivity contribution is 5.68. The monoisotopic (exact) mass is 241 g/mol. The Hall–Kier alpha value is -1.24. The van der Waals surface area contributed by atoms with Gasteiger partial charge in [-0.05, 0) is 33.6 Å². The number of terminal acetylenes is 1. The van der Waals surface area contributed by atoms with E-state index in [9.17, 15) is 9.18 Å². The van der Waals surface area contributed by atoms with Crippen molar-refractivity contribution in [2.24, 2.45) is 5.41 Å². The molecule has 4 heteroatoms. The summed E-state index contributed by atoms with van der Waals surface area (Å²) < 4.78 is 18.1. The summed E-state index contributed by atoms with van der Waals surface area (Å²) in [5.41, 5.74) is -1.18. The summed E-state index contributed by atoms with van der Waals surface area (Å²) in [7, 11) is 0. The lowest BCUT2D eigenvalue weighted by atomic mass is 9.80. The lowest BCUT2D eigenvalue weighted by Gasteiger charge is -2.37. The minimum Gasteiger partial charge on any atom is -0.444 e. The molecule has 1 saturated heterocycles. The Balaban J connectivity index is 2.53. The number of likely N-dealkylation sites (tertiary alicyclic amines) is 1. The predicted octanol–water partition coefficient (Wildman–Crippen LogP) is 2.61. The number of alkyl halides is 1. The third kappa shape index (κ3) is 3.62. The van der Waals surface area contributed by atoms with Gasteiger partial charge >= 0.3 is 6.09 Å². The molecule has 0 saturated carbocycles. The van der Waals surface area contributed by atoms with Gasteiger partial charge in [-0.15, -0.1) is 6.42 Å². The van der Waals surface area contributed by atoms with Crippen molar-refractivity contribution in [2.75, 3.05) is 19.8 Å². The summed E-state index contributed by atoms with van der Waals surface area (Å²) >= 11 is 0. The number of rotatable bonds is 1. The van der Waals surface area contributed by atoms with Gasteiger partial charge in [-0.1, -0.05) is 5.92 Å². The number of carbonyl (C=O) groups is 1. The van der Waals surface area contributed by atoms with Crippen molar-refractivity contribution in [2.45, 2.75) is 39.2 Å². The van der Waals surface area contributed by atoms with E-state index >= 15 is 0 Å². The topological polar surface area (TPSA) is 29.5 Å². The normalized spacial score (nSPS) is 19.6. The van der Waals surface area contributed by atoms with Gasteiger partial charge in [-0.2, -0.15) is 0 Å². The third-order valence-electron chi connectivity index (χ3n) is 2.93. The van der Waals surface area contributed by atoms with E-state index in [4.69, 9.17) is 11.2 Å². The second-order valence-electron chi connectivity index (χ2n) is 5.53. The van der Waals surface area contributed by atoms with Crippen LogP contribution < -0.4 is 0 Å². The fourth-order valence-corrected chi connectivity index (χ4v) is 1.76. The number of hydrogen-bond donors (Lipinski definition) is 0. The molecule has 0 radical (unpaired) electrons. The molecule has 0 aromatic heterocycles. The van der Waals surface area contributed by atoms with Crippen molar-refractivity contribution < 1.29 is 13.9 Å². The van der Waals surface area contributed by atoms with E-state index < -0.39 is 17.7 Å². The van der Waals surface area contributed by atoms with Crippen LogP contribution in [0.5, 0.6) is 0 Å². The van der Waals surface area contributed by atoms with Gasteiger partial charge in [0, 0.05) is 13.1 Å². The number of nitrogens with zero attached hydrogens (tertiary/aromatic N) is 1. The van der Waals surface area contributed by atoms with Crippen LogP contribution in [0, 0.1) is 17.8 Å². The van der Waals surface area contributed by atoms with Gasteiger partial charge in [-0.25, -0.2) is 9.18 Å². The van der Waals surface area contributed by atoms with Crippen molar-refractivity contribution in [1.29, 1.82) is 0 Å². The first kappa shape index (κ1) is 13.8. The molecule has 0 aromatic carbocycles. The highest BCUT2D eigenvalue weighted by atomic mass is 19.1. The average Bonchev–Trinajstić information content (AvgIpc) is 2.27. The van der Waals surface area contributed by atoms with Gasteiger partial charge in [0.15, 0.2) is 0 Å². The molecule has 1 heterocycles. The second kappa shape index (κ2) is 4.95. The average molecular weight is 241 g/mol. The molecule has 0 aliphatic carbocycles. The van der Waals surface area contributed by atoms with Crippen LogP contribution in [0.4, 0.5) is 9.18 Å². The molecular weight excluding hydrogens is 221 g/mol. The molecule has 0 atom stereocenters. The highest BCUT2D eigenvalue weighted by Crippen LogP contribution is 2.31. The van der Waals surface area contributed by atoms with E-state index in [1.165, 1.54) is 0 Å². The number of amides is 1. The summed E-state index contributed by atoms with van der Waals surface area (Å²) in [5.74, 6) is 2.52. The highest BCUT2D eigenvalue weighted by Gasteiger charge is 2.35. The zero-order chi connectivity index (χ0) is 13.1.